The number of carbonyl (C=O) groups excluding carboxylic acids is 2. The number of non-ortho nitro benzene ring substituents is 1. The van der Waals surface area contributed by atoms with E-state index in [1.54, 1.807) is 48.5 Å². The molecular formula is C22H14BrN3O5. The highest BCUT2D eigenvalue weighted by atomic mass is 79.9. The van der Waals surface area contributed by atoms with Crippen molar-refractivity contribution in [3.63, 3.8) is 0 Å². The first kappa shape index (κ1) is 20.4. The van der Waals surface area contributed by atoms with Crippen LogP contribution in [0.5, 0.6) is 0 Å². The second-order valence-corrected chi connectivity index (χ2v) is 7.64. The predicted molar refractivity (Wildman–Crippen MR) is 116 cm³/mol. The molecule has 2 aromatic carbocycles. The van der Waals surface area contributed by atoms with Crippen molar-refractivity contribution in [2.24, 2.45) is 0 Å². The molecule has 0 unspecified atom stereocenters. The number of carbonyl (C=O) groups is 2. The van der Waals surface area contributed by atoms with Crippen LogP contribution in [0.15, 0.2) is 83.0 Å². The van der Waals surface area contributed by atoms with Crippen LogP contribution in [-0.4, -0.2) is 26.7 Å². The first-order valence-corrected chi connectivity index (χ1v) is 9.90. The lowest BCUT2D eigenvalue weighted by Gasteiger charge is -2.24. The van der Waals surface area contributed by atoms with Crippen LogP contribution in [0.25, 0.3) is 5.76 Å². The summed E-state index contributed by atoms with van der Waals surface area (Å²) in [6, 6.07) is 16.0. The van der Waals surface area contributed by atoms with Crippen molar-refractivity contribution in [1.29, 1.82) is 0 Å². The van der Waals surface area contributed by atoms with Crippen LogP contribution in [0, 0.1) is 10.1 Å². The number of hydrogen-bond donors (Lipinski definition) is 1. The number of amides is 1. The Balaban J connectivity index is 1.97. The highest BCUT2D eigenvalue weighted by Gasteiger charge is 2.47. The number of ketones is 1. The van der Waals surface area contributed by atoms with Gasteiger partial charge in [-0.3, -0.25) is 24.6 Å². The molecule has 1 aliphatic rings. The summed E-state index contributed by atoms with van der Waals surface area (Å²) in [7, 11) is 0. The number of aliphatic hydroxyl groups is 1. The molecule has 1 N–H and O–H groups in total. The van der Waals surface area contributed by atoms with Crippen molar-refractivity contribution in [2.45, 2.75) is 6.04 Å². The van der Waals surface area contributed by atoms with Gasteiger partial charge in [-0.1, -0.05) is 42.5 Å². The first-order valence-electron chi connectivity index (χ1n) is 9.11. The number of nitrogens with zero attached hydrogens (tertiary/aromatic N) is 3. The number of hydrogen-bond acceptors (Lipinski definition) is 6. The maximum absolute atomic E-state index is 13.0. The molecule has 0 radical (unpaired) electrons. The lowest BCUT2D eigenvalue weighted by Crippen LogP contribution is -2.30. The van der Waals surface area contributed by atoms with Crippen LogP contribution in [0.2, 0.25) is 0 Å². The molecule has 0 saturated carbocycles. The van der Waals surface area contributed by atoms with Gasteiger partial charge in [-0.2, -0.15) is 0 Å². The third-order valence-corrected chi connectivity index (χ3v) is 5.32. The van der Waals surface area contributed by atoms with Crippen molar-refractivity contribution in [1.82, 2.24) is 4.98 Å². The molecule has 3 aromatic rings. The standard InChI is InChI=1S/C22H14BrN3O5/c23-15-9-10-17(24-12-15)25-19(14-7-4-8-16(11-14)26(30)31)18(21(28)22(25)29)20(27)13-5-2-1-3-6-13/h1-12,19,27H/b20-18+/t19-/m1/s1. The smallest absolute Gasteiger partial charge is 0.301 e. The summed E-state index contributed by atoms with van der Waals surface area (Å²) in [5.41, 5.74) is 0.281. The van der Waals surface area contributed by atoms with Crippen LogP contribution in [0.1, 0.15) is 17.2 Å². The number of pyridine rings is 1. The molecule has 8 nitrogen and oxygen atoms in total. The van der Waals surface area contributed by atoms with E-state index in [2.05, 4.69) is 20.9 Å². The Morgan fingerprint density at radius 2 is 1.81 bits per heavy atom. The molecular weight excluding hydrogens is 466 g/mol. The second-order valence-electron chi connectivity index (χ2n) is 6.72. The van der Waals surface area contributed by atoms with E-state index < -0.39 is 22.7 Å². The molecule has 0 bridgehead atoms. The van der Waals surface area contributed by atoms with Crippen molar-refractivity contribution in [3.05, 3.63) is 104 Å². The summed E-state index contributed by atoms with van der Waals surface area (Å²) >= 11 is 3.28. The summed E-state index contributed by atoms with van der Waals surface area (Å²) in [5, 5.41) is 22.2. The van der Waals surface area contributed by atoms with Gasteiger partial charge >= 0.3 is 5.91 Å². The molecule has 0 aliphatic carbocycles. The minimum absolute atomic E-state index is 0.165. The molecule has 1 aromatic heterocycles. The summed E-state index contributed by atoms with van der Waals surface area (Å²) in [6.45, 7) is 0. The average Bonchev–Trinajstić information content (AvgIpc) is 3.05. The van der Waals surface area contributed by atoms with Gasteiger partial charge in [0.25, 0.3) is 11.5 Å². The highest BCUT2D eigenvalue weighted by Crippen LogP contribution is 2.42. The Kier molecular flexibility index (Phi) is 5.35. The topological polar surface area (TPSA) is 114 Å². The molecule has 154 valence electrons. The Morgan fingerprint density at radius 3 is 2.45 bits per heavy atom. The minimum atomic E-state index is -1.09. The lowest BCUT2D eigenvalue weighted by atomic mass is 9.95. The van der Waals surface area contributed by atoms with E-state index in [-0.39, 0.29) is 22.8 Å². The molecule has 0 spiro atoms. The number of benzene rings is 2. The van der Waals surface area contributed by atoms with Crippen molar-refractivity contribution >= 4 is 44.9 Å². The van der Waals surface area contributed by atoms with E-state index in [0.29, 0.717) is 15.6 Å². The Bertz CT molecular complexity index is 1230. The van der Waals surface area contributed by atoms with Crippen molar-refractivity contribution in [3.8, 4) is 0 Å². The van der Waals surface area contributed by atoms with E-state index in [9.17, 15) is 24.8 Å². The predicted octanol–water partition coefficient (Wildman–Crippen LogP) is 4.38. The quantitative estimate of drug-likeness (QED) is 0.195. The van der Waals surface area contributed by atoms with E-state index in [1.165, 1.54) is 24.4 Å². The average molecular weight is 480 g/mol. The van der Waals surface area contributed by atoms with E-state index in [1.807, 2.05) is 0 Å². The molecule has 1 atom stereocenters. The monoisotopic (exact) mass is 479 g/mol. The maximum Gasteiger partial charge on any atom is 0.301 e. The number of nitro benzene ring substituents is 1. The fourth-order valence-corrected chi connectivity index (χ4v) is 3.69. The van der Waals surface area contributed by atoms with Crippen molar-refractivity contribution < 1.29 is 19.6 Å². The van der Waals surface area contributed by atoms with Crippen LogP contribution in [0.4, 0.5) is 11.5 Å². The normalized spacial score (nSPS) is 17.7. The summed E-state index contributed by atoms with van der Waals surface area (Å²) in [5.74, 6) is -1.98. The van der Waals surface area contributed by atoms with Crippen LogP contribution < -0.4 is 4.90 Å². The third kappa shape index (κ3) is 3.71. The van der Waals surface area contributed by atoms with Gasteiger partial charge in [0.2, 0.25) is 0 Å². The zero-order chi connectivity index (χ0) is 22.1. The van der Waals surface area contributed by atoms with Crippen LogP contribution in [-0.2, 0) is 9.59 Å². The summed E-state index contributed by atoms with van der Waals surface area (Å²) in [4.78, 5) is 42.1. The third-order valence-electron chi connectivity index (χ3n) is 4.85. The van der Waals surface area contributed by atoms with Gasteiger partial charge in [-0.25, -0.2) is 4.98 Å². The van der Waals surface area contributed by atoms with Gasteiger partial charge in [-0.05, 0) is 33.6 Å². The zero-order valence-corrected chi connectivity index (χ0v) is 17.4. The zero-order valence-electron chi connectivity index (χ0n) is 15.8. The highest BCUT2D eigenvalue weighted by molar-refractivity contribution is 9.10. The van der Waals surface area contributed by atoms with Gasteiger partial charge in [0.05, 0.1) is 16.5 Å². The molecule has 1 saturated heterocycles. The fraction of sp³-hybridized carbons (Fsp3) is 0.0455. The van der Waals surface area contributed by atoms with E-state index >= 15 is 0 Å². The summed E-state index contributed by atoms with van der Waals surface area (Å²) in [6.07, 6.45) is 1.47. The van der Waals surface area contributed by atoms with Gasteiger partial charge in [0.15, 0.2) is 0 Å². The fourth-order valence-electron chi connectivity index (χ4n) is 3.45. The first-order chi connectivity index (χ1) is 14.9. The van der Waals surface area contributed by atoms with Gasteiger partial charge in [0.1, 0.15) is 11.6 Å². The maximum atomic E-state index is 13.0. The van der Waals surface area contributed by atoms with Crippen LogP contribution >= 0.6 is 15.9 Å². The van der Waals surface area contributed by atoms with E-state index in [4.69, 9.17) is 0 Å². The Hall–Kier alpha value is -3.85. The second kappa shape index (κ2) is 8.11. The number of aliphatic hydroxyl groups excluding tert-OH is 1. The van der Waals surface area contributed by atoms with Gasteiger partial charge < -0.3 is 5.11 Å². The van der Waals surface area contributed by atoms with Gasteiger partial charge in [-0.15, -0.1) is 0 Å². The molecule has 31 heavy (non-hydrogen) atoms. The van der Waals surface area contributed by atoms with Crippen molar-refractivity contribution in [2.75, 3.05) is 4.90 Å². The minimum Gasteiger partial charge on any atom is -0.507 e. The molecule has 1 amide bonds. The lowest BCUT2D eigenvalue weighted by molar-refractivity contribution is -0.384. The molecule has 4 rings (SSSR count). The Morgan fingerprint density at radius 1 is 1.06 bits per heavy atom. The molecule has 9 heteroatoms. The number of halogens is 1. The van der Waals surface area contributed by atoms with Crippen LogP contribution in [0.3, 0.4) is 0 Å². The van der Waals surface area contributed by atoms with Gasteiger partial charge in [0, 0.05) is 28.4 Å². The van der Waals surface area contributed by atoms with E-state index in [0.717, 1.165) is 4.90 Å². The number of Topliss-reactive ketones (excluding diaryl/α,β-unsaturated/α-hetero) is 1. The molecule has 1 aliphatic heterocycles. The molecule has 1 fully saturated rings. The number of nitro groups is 1. The number of rotatable bonds is 4. The largest absolute Gasteiger partial charge is 0.507 e. The molecule has 2 heterocycles. The number of aromatic nitrogens is 1. The summed E-state index contributed by atoms with van der Waals surface area (Å²) < 4.78 is 0.670. The SMILES string of the molecule is O=C1C(=O)N(c2ccc(Br)cn2)[C@H](c2cccc([N+](=O)[O-])c2)/C1=C(\O)c1ccccc1. The Labute approximate surface area is 184 Å². The number of anilines is 1.